The largest absolute Gasteiger partial charge is 0.317 e. The Morgan fingerprint density at radius 1 is 1.47 bits per heavy atom. The lowest BCUT2D eigenvalue weighted by Crippen LogP contribution is -2.21. The van der Waals surface area contributed by atoms with E-state index in [-0.39, 0.29) is 5.82 Å². The molecule has 15 heavy (non-hydrogen) atoms. The third kappa shape index (κ3) is 4.31. The summed E-state index contributed by atoms with van der Waals surface area (Å²) in [5, 5.41) is 3.31. The van der Waals surface area contributed by atoms with E-state index >= 15 is 0 Å². The number of rotatable bonds is 5. The number of hydrogen-bond donors (Lipinski definition) is 1. The fourth-order valence-electron chi connectivity index (χ4n) is 1.53. The van der Waals surface area contributed by atoms with Gasteiger partial charge in [0.2, 0.25) is 0 Å². The fraction of sp³-hybridized carbons (Fsp3) is 0.500. The molecule has 3 heteroatoms. The predicted molar refractivity (Wildman–Crippen MR) is 65.5 cm³/mol. The van der Waals surface area contributed by atoms with Crippen LogP contribution in [0.3, 0.4) is 0 Å². The van der Waals surface area contributed by atoms with Crippen molar-refractivity contribution in [3.63, 3.8) is 0 Å². The summed E-state index contributed by atoms with van der Waals surface area (Å²) in [6.07, 6.45) is 0.978. The van der Waals surface area contributed by atoms with E-state index in [1.807, 2.05) is 12.1 Å². The topological polar surface area (TPSA) is 12.0 Å². The highest BCUT2D eigenvalue weighted by Crippen LogP contribution is 2.18. The van der Waals surface area contributed by atoms with Crippen molar-refractivity contribution < 1.29 is 4.39 Å². The van der Waals surface area contributed by atoms with Gasteiger partial charge in [0, 0.05) is 0 Å². The fourth-order valence-corrected chi connectivity index (χ4v) is 1.96. The van der Waals surface area contributed by atoms with Crippen LogP contribution in [0.5, 0.6) is 0 Å². The van der Waals surface area contributed by atoms with Crippen molar-refractivity contribution in [2.45, 2.75) is 20.3 Å². The molecule has 1 atom stereocenters. The summed E-state index contributed by atoms with van der Waals surface area (Å²) >= 11 is 3.20. The van der Waals surface area contributed by atoms with Crippen LogP contribution < -0.4 is 5.32 Å². The van der Waals surface area contributed by atoms with Gasteiger partial charge in [0.15, 0.2) is 0 Å². The van der Waals surface area contributed by atoms with E-state index in [0.717, 1.165) is 19.5 Å². The summed E-state index contributed by atoms with van der Waals surface area (Å²) in [5.41, 5.74) is 1.17. The normalized spacial score (nSPS) is 12.8. The van der Waals surface area contributed by atoms with Gasteiger partial charge in [0.25, 0.3) is 0 Å². The predicted octanol–water partition coefficient (Wildman–Crippen LogP) is 3.38. The molecule has 1 nitrogen and oxygen atoms in total. The summed E-state index contributed by atoms with van der Waals surface area (Å²) in [5.74, 6) is 0.375. The Kier molecular flexibility index (Phi) is 5.26. The van der Waals surface area contributed by atoms with Crippen molar-refractivity contribution in [3.05, 3.63) is 34.1 Å². The molecule has 0 amide bonds. The molecule has 0 heterocycles. The number of halogens is 2. The Morgan fingerprint density at radius 3 is 2.80 bits per heavy atom. The maximum Gasteiger partial charge on any atom is 0.137 e. The lowest BCUT2D eigenvalue weighted by atomic mass is 10.0. The van der Waals surface area contributed by atoms with Crippen LogP contribution in [0.4, 0.5) is 4.39 Å². The first-order valence-corrected chi connectivity index (χ1v) is 6.07. The van der Waals surface area contributed by atoms with Gasteiger partial charge in [-0.3, -0.25) is 0 Å². The van der Waals surface area contributed by atoms with Gasteiger partial charge in [-0.05, 0) is 59.1 Å². The van der Waals surface area contributed by atoms with Gasteiger partial charge >= 0.3 is 0 Å². The van der Waals surface area contributed by atoms with Crippen LogP contribution in [0.1, 0.15) is 19.4 Å². The molecular formula is C12H17BrFN. The van der Waals surface area contributed by atoms with Crippen LogP contribution in [-0.4, -0.2) is 13.1 Å². The van der Waals surface area contributed by atoms with E-state index < -0.39 is 0 Å². The van der Waals surface area contributed by atoms with Crippen molar-refractivity contribution in [3.8, 4) is 0 Å². The van der Waals surface area contributed by atoms with Crippen LogP contribution in [0, 0.1) is 11.7 Å². The molecule has 0 aromatic heterocycles. The molecular weight excluding hydrogens is 257 g/mol. The molecule has 0 saturated heterocycles. The molecule has 0 aliphatic carbocycles. The zero-order valence-electron chi connectivity index (χ0n) is 9.19. The zero-order valence-corrected chi connectivity index (χ0v) is 10.8. The standard InChI is InChI=1S/C12H17BrFN/c1-3-15-8-9(2)6-10-4-5-12(14)11(13)7-10/h4-5,7,9,15H,3,6,8H2,1-2H3. The molecule has 84 valence electrons. The van der Waals surface area contributed by atoms with Gasteiger partial charge < -0.3 is 5.32 Å². The Labute approximate surface area is 99.2 Å². The molecule has 0 bridgehead atoms. The van der Waals surface area contributed by atoms with Crippen molar-refractivity contribution >= 4 is 15.9 Å². The first-order chi connectivity index (χ1) is 7.13. The minimum absolute atomic E-state index is 0.196. The van der Waals surface area contributed by atoms with Gasteiger partial charge in [-0.1, -0.05) is 19.9 Å². The molecule has 0 saturated carbocycles. The third-order valence-corrected chi connectivity index (χ3v) is 2.92. The SMILES string of the molecule is CCNCC(C)Cc1ccc(F)c(Br)c1. The smallest absolute Gasteiger partial charge is 0.137 e. The molecule has 1 aromatic rings. The van der Waals surface area contributed by atoms with Crippen LogP contribution in [0.15, 0.2) is 22.7 Å². The van der Waals surface area contributed by atoms with E-state index in [9.17, 15) is 4.39 Å². The molecule has 1 N–H and O–H groups in total. The van der Waals surface area contributed by atoms with Crippen LogP contribution >= 0.6 is 15.9 Å². The van der Waals surface area contributed by atoms with E-state index in [4.69, 9.17) is 0 Å². The van der Waals surface area contributed by atoms with Gasteiger partial charge in [-0.2, -0.15) is 0 Å². The van der Waals surface area contributed by atoms with E-state index in [0.29, 0.717) is 10.4 Å². The highest BCUT2D eigenvalue weighted by atomic mass is 79.9. The molecule has 1 aromatic carbocycles. The van der Waals surface area contributed by atoms with Crippen LogP contribution in [-0.2, 0) is 6.42 Å². The first kappa shape index (κ1) is 12.7. The Balaban J connectivity index is 2.53. The maximum atomic E-state index is 13.0. The minimum atomic E-state index is -0.196. The second kappa shape index (κ2) is 6.23. The Bertz CT molecular complexity index is 314. The summed E-state index contributed by atoms with van der Waals surface area (Å²) in [4.78, 5) is 0. The van der Waals surface area contributed by atoms with Crippen molar-refractivity contribution in [2.75, 3.05) is 13.1 Å². The number of hydrogen-bond acceptors (Lipinski definition) is 1. The lowest BCUT2D eigenvalue weighted by molar-refractivity contribution is 0.520. The van der Waals surface area contributed by atoms with Crippen LogP contribution in [0.2, 0.25) is 0 Å². The van der Waals surface area contributed by atoms with E-state index in [1.54, 1.807) is 0 Å². The molecule has 0 fully saturated rings. The molecule has 1 rings (SSSR count). The molecule has 0 aliphatic rings. The third-order valence-electron chi connectivity index (χ3n) is 2.31. The summed E-state index contributed by atoms with van der Waals surface area (Å²) in [7, 11) is 0. The first-order valence-electron chi connectivity index (χ1n) is 5.28. The van der Waals surface area contributed by atoms with Crippen molar-refractivity contribution in [1.29, 1.82) is 0 Å². The molecule has 0 aliphatic heterocycles. The Morgan fingerprint density at radius 2 is 2.20 bits per heavy atom. The highest BCUT2D eigenvalue weighted by molar-refractivity contribution is 9.10. The average molecular weight is 274 g/mol. The van der Waals surface area contributed by atoms with Gasteiger partial charge in [-0.15, -0.1) is 0 Å². The lowest BCUT2D eigenvalue weighted by Gasteiger charge is -2.12. The quantitative estimate of drug-likeness (QED) is 0.868. The van der Waals surface area contributed by atoms with Gasteiger partial charge in [0.1, 0.15) is 5.82 Å². The zero-order chi connectivity index (χ0) is 11.3. The average Bonchev–Trinajstić information content (AvgIpc) is 2.20. The van der Waals surface area contributed by atoms with Crippen molar-refractivity contribution in [2.24, 2.45) is 5.92 Å². The number of benzene rings is 1. The summed E-state index contributed by atoms with van der Waals surface area (Å²) in [6.45, 7) is 6.30. The van der Waals surface area contributed by atoms with E-state index in [2.05, 4.69) is 35.1 Å². The molecule has 0 radical (unpaired) electrons. The van der Waals surface area contributed by atoms with Gasteiger partial charge in [-0.25, -0.2) is 4.39 Å². The van der Waals surface area contributed by atoms with Crippen LogP contribution in [0.25, 0.3) is 0 Å². The summed E-state index contributed by atoms with van der Waals surface area (Å²) in [6, 6.07) is 5.22. The van der Waals surface area contributed by atoms with Gasteiger partial charge in [0.05, 0.1) is 4.47 Å². The summed E-state index contributed by atoms with van der Waals surface area (Å²) < 4.78 is 13.5. The Hall–Kier alpha value is -0.410. The molecule has 1 unspecified atom stereocenters. The number of nitrogens with one attached hydrogen (secondary N) is 1. The minimum Gasteiger partial charge on any atom is -0.317 e. The second-order valence-corrected chi connectivity index (χ2v) is 4.72. The maximum absolute atomic E-state index is 13.0. The highest BCUT2D eigenvalue weighted by Gasteiger charge is 2.05. The monoisotopic (exact) mass is 273 g/mol. The second-order valence-electron chi connectivity index (χ2n) is 3.87. The van der Waals surface area contributed by atoms with Crippen molar-refractivity contribution in [1.82, 2.24) is 5.32 Å². The molecule has 0 spiro atoms. The van der Waals surface area contributed by atoms with E-state index in [1.165, 1.54) is 11.6 Å².